The van der Waals surface area contributed by atoms with Gasteiger partial charge >= 0.3 is 0 Å². The molecule has 1 N–H and O–H groups in total. The summed E-state index contributed by atoms with van der Waals surface area (Å²) >= 11 is 0. The van der Waals surface area contributed by atoms with Gasteiger partial charge in [-0.25, -0.2) is 0 Å². The molecule has 0 radical (unpaired) electrons. The molecule has 0 aliphatic heterocycles. The predicted molar refractivity (Wildman–Crippen MR) is 81.8 cm³/mol. The lowest BCUT2D eigenvalue weighted by atomic mass is 9.95. The number of aryl methyl sites for hydroxylation is 3. The summed E-state index contributed by atoms with van der Waals surface area (Å²) in [5.41, 5.74) is 4.83. The second-order valence-electron chi connectivity index (χ2n) is 5.54. The third-order valence-corrected chi connectivity index (χ3v) is 3.69. The average molecular weight is 272 g/mol. The third-order valence-electron chi connectivity index (χ3n) is 3.69. The molecule has 1 aromatic heterocycles. The molecule has 108 valence electrons. The van der Waals surface area contributed by atoms with E-state index >= 15 is 0 Å². The Bertz CT molecular complexity index is 543. The topological polar surface area (TPSA) is 38.0 Å². The summed E-state index contributed by atoms with van der Waals surface area (Å²) in [4.78, 5) is 0. The van der Waals surface area contributed by atoms with Gasteiger partial charge in [-0.05, 0) is 51.2 Å². The first-order valence-corrected chi connectivity index (χ1v) is 7.32. The van der Waals surface area contributed by atoms with Crippen LogP contribution in [-0.2, 0) is 19.4 Å². The number of benzene rings is 1. The Hall–Kier alpha value is -1.61. The van der Waals surface area contributed by atoms with Gasteiger partial charge in [0.2, 0.25) is 0 Å². The predicted octanol–water partition coefficient (Wildman–Crippen LogP) is 2.91. The molecule has 1 heterocycles. The van der Waals surface area contributed by atoms with E-state index in [0.717, 1.165) is 25.1 Å². The highest BCUT2D eigenvalue weighted by molar-refractivity contribution is 5.22. The zero-order chi connectivity index (χ0) is 14.5. The van der Waals surface area contributed by atoms with Crippen molar-refractivity contribution < 1.29 is 5.11 Å². The molecular formula is C17H24N2O. The van der Waals surface area contributed by atoms with Crippen LogP contribution in [0.25, 0.3) is 0 Å². The van der Waals surface area contributed by atoms with E-state index in [-0.39, 0.29) is 12.5 Å². The maximum Gasteiger partial charge on any atom is 0.0596 e. The minimum absolute atomic E-state index is 0.210. The first kappa shape index (κ1) is 14.8. The quantitative estimate of drug-likeness (QED) is 0.878. The lowest BCUT2D eigenvalue weighted by Gasteiger charge is -2.15. The first-order valence-electron chi connectivity index (χ1n) is 7.32. The van der Waals surface area contributed by atoms with E-state index in [1.807, 2.05) is 11.6 Å². The van der Waals surface area contributed by atoms with E-state index in [1.54, 1.807) is 0 Å². The van der Waals surface area contributed by atoms with Crippen LogP contribution in [0.5, 0.6) is 0 Å². The number of hydrogen-bond acceptors (Lipinski definition) is 2. The summed E-state index contributed by atoms with van der Waals surface area (Å²) in [5.74, 6) is 0.249. The zero-order valence-electron chi connectivity index (χ0n) is 12.6. The van der Waals surface area contributed by atoms with E-state index in [0.29, 0.717) is 0 Å². The summed E-state index contributed by atoms with van der Waals surface area (Å²) in [7, 11) is 0. The smallest absolute Gasteiger partial charge is 0.0596 e. The van der Waals surface area contributed by atoms with Gasteiger partial charge in [0.1, 0.15) is 0 Å². The lowest BCUT2D eigenvalue weighted by Crippen LogP contribution is -2.15. The highest BCUT2D eigenvalue weighted by Gasteiger charge is 2.13. The average Bonchev–Trinajstić information content (AvgIpc) is 2.80. The molecule has 0 fully saturated rings. The molecule has 0 amide bonds. The number of aliphatic hydroxyl groups is 1. The van der Waals surface area contributed by atoms with E-state index in [9.17, 15) is 5.11 Å². The zero-order valence-corrected chi connectivity index (χ0v) is 12.6. The standard InChI is InChI=1S/C17H24N2O/c1-4-19-17(9-14(3)18-19)11-16(12-20)10-15-7-5-13(2)6-8-15/h5-9,16,20H,4,10-12H2,1-3H3. The minimum atomic E-state index is 0.210. The van der Waals surface area contributed by atoms with Crippen LogP contribution in [0, 0.1) is 19.8 Å². The molecule has 3 heteroatoms. The van der Waals surface area contributed by atoms with Gasteiger partial charge in [-0.1, -0.05) is 29.8 Å². The SMILES string of the molecule is CCn1nc(C)cc1CC(CO)Cc1ccc(C)cc1. The van der Waals surface area contributed by atoms with Gasteiger partial charge in [0.15, 0.2) is 0 Å². The largest absolute Gasteiger partial charge is 0.396 e. The highest BCUT2D eigenvalue weighted by Crippen LogP contribution is 2.16. The molecule has 3 nitrogen and oxygen atoms in total. The molecule has 2 aromatic rings. The first-order chi connectivity index (χ1) is 9.62. The Morgan fingerprint density at radius 3 is 2.45 bits per heavy atom. The second kappa shape index (κ2) is 6.71. The Balaban J connectivity index is 2.06. The highest BCUT2D eigenvalue weighted by atomic mass is 16.3. The van der Waals surface area contributed by atoms with Crippen molar-refractivity contribution >= 4 is 0 Å². The van der Waals surface area contributed by atoms with Gasteiger partial charge in [-0.15, -0.1) is 0 Å². The molecule has 0 bridgehead atoms. The van der Waals surface area contributed by atoms with E-state index < -0.39 is 0 Å². The molecule has 1 atom stereocenters. The van der Waals surface area contributed by atoms with Crippen molar-refractivity contribution in [3.63, 3.8) is 0 Å². The van der Waals surface area contributed by atoms with Crippen LogP contribution in [0.2, 0.25) is 0 Å². The summed E-state index contributed by atoms with van der Waals surface area (Å²) < 4.78 is 2.03. The van der Waals surface area contributed by atoms with Crippen LogP contribution in [-0.4, -0.2) is 21.5 Å². The minimum Gasteiger partial charge on any atom is -0.396 e. The normalized spacial score (nSPS) is 12.6. The maximum atomic E-state index is 9.64. The summed E-state index contributed by atoms with van der Waals surface area (Å²) in [6.45, 7) is 7.30. The van der Waals surface area contributed by atoms with Crippen molar-refractivity contribution in [1.29, 1.82) is 0 Å². The Morgan fingerprint density at radius 2 is 1.85 bits per heavy atom. The third kappa shape index (κ3) is 3.70. The maximum absolute atomic E-state index is 9.64. The fraction of sp³-hybridized carbons (Fsp3) is 0.471. The van der Waals surface area contributed by atoms with Gasteiger partial charge in [-0.2, -0.15) is 5.10 Å². The summed E-state index contributed by atoms with van der Waals surface area (Å²) in [6.07, 6.45) is 1.78. The van der Waals surface area contributed by atoms with Gasteiger partial charge < -0.3 is 5.11 Å². The monoisotopic (exact) mass is 272 g/mol. The Kier molecular flexibility index (Phi) is 4.96. The fourth-order valence-corrected chi connectivity index (χ4v) is 2.59. The molecule has 0 aliphatic carbocycles. The van der Waals surface area contributed by atoms with Crippen LogP contribution in [0.3, 0.4) is 0 Å². The Labute approximate surface area is 121 Å². The molecule has 0 spiro atoms. The van der Waals surface area contributed by atoms with Gasteiger partial charge in [0.25, 0.3) is 0 Å². The molecular weight excluding hydrogens is 248 g/mol. The molecule has 1 aromatic carbocycles. The lowest BCUT2D eigenvalue weighted by molar-refractivity contribution is 0.223. The number of aliphatic hydroxyl groups excluding tert-OH is 1. The van der Waals surface area contributed by atoms with Gasteiger partial charge in [0.05, 0.1) is 5.69 Å². The fourth-order valence-electron chi connectivity index (χ4n) is 2.59. The van der Waals surface area contributed by atoms with E-state index in [1.165, 1.54) is 16.8 Å². The van der Waals surface area contributed by atoms with Crippen LogP contribution in [0.4, 0.5) is 0 Å². The Morgan fingerprint density at radius 1 is 1.15 bits per heavy atom. The summed E-state index contributed by atoms with van der Waals surface area (Å²) in [5, 5.41) is 14.1. The van der Waals surface area contributed by atoms with Crippen LogP contribution in [0.1, 0.15) is 29.4 Å². The van der Waals surface area contributed by atoms with Crippen LogP contribution in [0.15, 0.2) is 30.3 Å². The van der Waals surface area contributed by atoms with Gasteiger partial charge in [0, 0.05) is 18.8 Å². The number of hydrogen-bond donors (Lipinski definition) is 1. The van der Waals surface area contributed by atoms with Gasteiger partial charge in [-0.3, -0.25) is 4.68 Å². The van der Waals surface area contributed by atoms with Crippen molar-refractivity contribution in [2.24, 2.45) is 5.92 Å². The van der Waals surface area contributed by atoms with Crippen molar-refractivity contribution in [3.8, 4) is 0 Å². The molecule has 0 saturated heterocycles. The van der Waals surface area contributed by atoms with E-state index in [4.69, 9.17) is 0 Å². The molecule has 2 rings (SSSR count). The van der Waals surface area contributed by atoms with E-state index in [2.05, 4.69) is 49.3 Å². The van der Waals surface area contributed by atoms with Crippen LogP contribution >= 0.6 is 0 Å². The second-order valence-corrected chi connectivity index (χ2v) is 5.54. The van der Waals surface area contributed by atoms with Crippen molar-refractivity contribution in [1.82, 2.24) is 9.78 Å². The number of aromatic nitrogens is 2. The molecule has 1 unspecified atom stereocenters. The van der Waals surface area contributed by atoms with Crippen molar-refractivity contribution in [2.75, 3.05) is 6.61 Å². The number of rotatable bonds is 6. The van der Waals surface area contributed by atoms with Crippen molar-refractivity contribution in [2.45, 2.75) is 40.2 Å². The van der Waals surface area contributed by atoms with Crippen LogP contribution < -0.4 is 0 Å². The summed E-state index contributed by atoms with van der Waals surface area (Å²) in [6, 6.07) is 10.7. The molecule has 0 aliphatic rings. The molecule has 0 saturated carbocycles. The van der Waals surface area contributed by atoms with Crippen molar-refractivity contribution in [3.05, 3.63) is 52.8 Å². The molecule has 20 heavy (non-hydrogen) atoms. The number of nitrogens with zero attached hydrogens (tertiary/aromatic N) is 2.